The molecule has 0 bridgehead atoms. The quantitative estimate of drug-likeness (QED) is 0.444. The second-order valence-corrected chi connectivity index (χ2v) is 10.1. The molecule has 3 N–H and O–H groups in total. The van der Waals surface area contributed by atoms with E-state index in [0.717, 1.165) is 45.1 Å². The van der Waals surface area contributed by atoms with Gasteiger partial charge in [-0.15, -0.1) is 0 Å². The van der Waals surface area contributed by atoms with Crippen LogP contribution >= 0.6 is 0 Å². The standard InChI is InChI=1S/C26H35N7O4/c1-26(36-3)10-4-7-17(14-26)29-24(34)19-15-28-33-22(27-2)13-21(31-23(19)33)30-20-9-5-11-32(25(20)35)18-8-6-12-37-16-18/h5,9,11,13,15,17-18,27H,4,6-8,10,12,14,16H2,1-3H3,(H,29,34)(H,30,31)/t17-,18-,26-/m0/s1. The first kappa shape index (κ1) is 25.2. The molecule has 0 unspecified atom stereocenters. The zero-order valence-corrected chi connectivity index (χ0v) is 21.6. The van der Waals surface area contributed by atoms with Crippen LogP contribution in [-0.4, -0.2) is 64.1 Å². The summed E-state index contributed by atoms with van der Waals surface area (Å²) in [5.41, 5.74) is 0.788. The molecule has 0 spiro atoms. The Morgan fingerprint density at radius 1 is 1.30 bits per heavy atom. The summed E-state index contributed by atoms with van der Waals surface area (Å²) in [6, 6.07) is 5.35. The minimum atomic E-state index is -0.238. The zero-order chi connectivity index (χ0) is 26.0. The Kier molecular flexibility index (Phi) is 7.16. The lowest BCUT2D eigenvalue weighted by molar-refractivity contribution is -0.0314. The van der Waals surface area contributed by atoms with Gasteiger partial charge in [-0.2, -0.15) is 9.61 Å². The molecule has 1 saturated carbocycles. The number of methoxy groups -OCH3 is 1. The number of hydrogen-bond acceptors (Lipinski definition) is 8. The topological polar surface area (TPSA) is 124 Å². The number of amides is 1. The van der Waals surface area contributed by atoms with Crippen molar-refractivity contribution >= 4 is 28.9 Å². The third kappa shape index (κ3) is 5.19. The van der Waals surface area contributed by atoms with Crippen LogP contribution in [0.4, 0.5) is 17.3 Å². The summed E-state index contributed by atoms with van der Waals surface area (Å²) in [7, 11) is 3.49. The Morgan fingerprint density at radius 3 is 2.92 bits per heavy atom. The number of nitrogens with zero attached hydrogens (tertiary/aromatic N) is 4. The van der Waals surface area contributed by atoms with Crippen molar-refractivity contribution in [2.75, 3.05) is 38.0 Å². The number of hydrogen-bond donors (Lipinski definition) is 3. The maximum atomic E-state index is 13.3. The van der Waals surface area contributed by atoms with E-state index in [1.807, 2.05) is 6.07 Å². The van der Waals surface area contributed by atoms with Crippen molar-refractivity contribution < 1.29 is 14.3 Å². The molecule has 1 aliphatic heterocycles. The van der Waals surface area contributed by atoms with E-state index >= 15 is 0 Å². The summed E-state index contributed by atoms with van der Waals surface area (Å²) in [6.45, 7) is 3.34. The lowest BCUT2D eigenvalue weighted by Crippen LogP contribution is -2.45. The summed E-state index contributed by atoms with van der Waals surface area (Å²) in [5, 5.41) is 13.8. The molecule has 3 atom stereocenters. The lowest BCUT2D eigenvalue weighted by atomic mass is 9.83. The van der Waals surface area contributed by atoms with Gasteiger partial charge in [0.25, 0.3) is 11.5 Å². The third-order valence-electron chi connectivity index (χ3n) is 7.50. The van der Waals surface area contributed by atoms with E-state index in [-0.39, 0.29) is 29.2 Å². The highest BCUT2D eigenvalue weighted by Gasteiger charge is 2.33. The van der Waals surface area contributed by atoms with Crippen molar-refractivity contribution in [3.63, 3.8) is 0 Å². The van der Waals surface area contributed by atoms with Gasteiger partial charge in [-0.25, -0.2) is 4.98 Å². The highest BCUT2D eigenvalue weighted by molar-refractivity contribution is 6.00. The molecular weight excluding hydrogens is 474 g/mol. The molecule has 11 heteroatoms. The number of aromatic nitrogens is 4. The van der Waals surface area contributed by atoms with Gasteiger partial charge in [0.05, 0.1) is 24.4 Å². The Bertz CT molecular complexity index is 1330. The predicted molar refractivity (Wildman–Crippen MR) is 141 cm³/mol. The molecule has 1 amide bonds. The normalized spacial score (nSPS) is 24.1. The summed E-state index contributed by atoms with van der Waals surface area (Å²) >= 11 is 0. The molecule has 11 nitrogen and oxygen atoms in total. The van der Waals surface area contributed by atoms with Gasteiger partial charge in [0.15, 0.2) is 5.65 Å². The third-order valence-corrected chi connectivity index (χ3v) is 7.50. The molecular formula is C26H35N7O4. The molecule has 2 aliphatic rings. The monoisotopic (exact) mass is 509 g/mol. The number of carbonyl (C=O) groups is 1. The number of pyridine rings is 1. The first-order chi connectivity index (χ1) is 17.9. The number of anilines is 3. The van der Waals surface area contributed by atoms with E-state index in [1.165, 1.54) is 6.20 Å². The van der Waals surface area contributed by atoms with E-state index in [4.69, 9.17) is 9.47 Å². The van der Waals surface area contributed by atoms with Crippen LogP contribution in [0, 0.1) is 0 Å². The Labute approximate surface area is 215 Å². The molecule has 1 aliphatic carbocycles. The van der Waals surface area contributed by atoms with Crippen LogP contribution in [0.5, 0.6) is 0 Å². The van der Waals surface area contributed by atoms with Gasteiger partial charge < -0.3 is 30.0 Å². The summed E-state index contributed by atoms with van der Waals surface area (Å²) < 4.78 is 14.6. The fourth-order valence-corrected chi connectivity index (χ4v) is 5.36. The van der Waals surface area contributed by atoms with Crippen molar-refractivity contribution in [3.05, 3.63) is 46.5 Å². The van der Waals surface area contributed by atoms with Crippen molar-refractivity contribution in [2.24, 2.45) is 0 Å². The van der Waals surface area contributed by atoms with Crippen LogP contribution < -0.4 is 21.5 Å². The predicted octanol–water partition coefficient (Wildman–Crippen LogP) is 3.11. The van der Waals surface area contributed by atoms with Crippen LogP contribution in [0.25, 0.3) is 5.65 Å². The number of carbonyl (C=O) groups excluding carboxylic acids is 1. The molecule has 1 saturated heterocycles. The second-order valence-electron chi connectivity index (χ2n) is 10.1. The summed E-state index contributed by atoms with van der Waals surface area (Å²) in [6.07, 6.45) is 8.76. The summed E-state index contributed by atoms with van der Waals surface area (Å²) in [4.78, 5) is 31.2. The van der Waals surface area contributed by atoms with Gasteiger partial charge in [-0.05, 0) is 57.6 Å². The van der Waals surface area contributed by atoms with Crippen molar-refractivity contribution in [3.8, 4) is 0 Å². The number of fused-ring (bicyclic) bond motifs is 1. The van der Waals surface area contributed by atoms with Crippen LogP contribution in [0.2, 0.25) is 0 Å². The SMILES string of the molecule is CNc1cc(Nc2cccn([C@H]3CCCOC3)c2=O)nc2c(C(=O)N[C@H]3CCC[C@](C)(OC)C3)cnn12. The molecule has 0 radical (unpaired) electrons. The minimum absolute atomic E-state index is 0.0104. The van der Waals surface area contributed by atoms with Crippen molar-refractivity contribution in [1.82, 2.24) is 24.5 Å². The average Bonchev–Trinajstić information content (AvgIpc) is 3.34. The highest BCUT2D eigenvalue weighted by Crippen LogP contribution is 2.31. The Morgan fingerprint density at radius 2 is 2.16 bits per heavy atom. The second kappa shape index (κ2) is 10.5. The van der Waals surface area contributed by atoms with Crippen molar-refractivity contribution in [2.45, 2.75) is 63.1 Å². The first-order valence-corrected chi connectivity index (χ1v) is 12.9. The van der Waals surface area contributed by atoms with E-state index in [2.05, 4.69) is 33.0 Å². The molecule has 198 valence electrons. The number of ether oxygens (including phenoxy) is 2. The van der Waals surface area contributed by atoms with E-state index in [0.29, 0.717) is 35.1 Å². The van der Waals surface area contributed by atoms with Crippen molar-refractivity contribution in [1.29, 1.82) is 0 Å². The minimum Gasteiger partial charge on any atom is -0.379 e. The number of nitrogens with one attached hydrogen (secondary N) is 3. The van der Waals surface area contributed by atoms with Gasteiger partial charge >= 0.3 is 0 Å². The Hall–Kier alpha value is -3.44. The lowest BCUT2D eigenvalue weighted by Gasteiger charge is -2.37. The van der Waals surface area contributed by atoms with E-state index in [9.17, 15) is 9.59 Å². The number of rotatable bonds is 7. The molecule has 0 aromatic carbocycles. The maximum Gasteiger partial charge on any atom is 0.274 e. The largest absolute Gasteiger partial charge is 0.379 e. The maximum absolute atomic E-state index is 13.3. The smallest absolute Gasteiger partial charge is 0.274 e. The van der Waals surface area contributed by atoms with E-state index in [1.54, 1.807) is 41.6 Å². The van der Waals surface area contributed by atoms with Gasteiger partial charge in [0.2, 0.25) is 0 Å². The molecule has 4 heterocycles. The van der Waals surface area contributed by atoms with Crippen LogP contribution in [0.1, 0.15) is 61.8 Å². The molecule has 3 aromatic rings. The van der Waals surface area contributed by atoms with Crippen LogP contribution in [0.3, 0.4) is 0 Å². The van der Waals surface area contributed by atoms with Gasteiger partial charge in [-0.1, -0.05) is 0 Å². The molecule has 3 aromatic heterocycles. The fraction of sp³-hybridized carbons (Fsp3) is 0.538. The van der Waals surface area contributed by atoms with Crippen LogP contribution in [0.15, 0.2) is 35.4 Å². The molecule has 2 fully saturated rings. The molecule has 37 heavy (non-hydrogen) atoms. The van der Waals surface area contributed by atoms with Gasteiger partial charge in [0, 0.05) is 39.1 Å². The van der Waals surface area contributed by atoms with Gasteiger partial charge in [-0.3, -0.25) is 9.59 Å². The average molecular weight is 510 g/mol. The van der Waals surface area contributed by atoms with E-state index < -0.39 is 0 Å². The fourth-order valence-electron chi connectivity index (χ4n) is 5.36. The summed E-state index contributed by atoms with van der Waals surface area (Å²) in [5.74, 6) is 0.838. The first-order valence-electron chi connectivity index (χ1n) is 12.9. The zero-order valence-electron chi connectivity index (χ0n) is 21.6. The molecule has 5 rings (SSSR count). The van der Waals surface area contributed by atoms with Gasteiger partial charge in [0.1, 0.15) is 22.9 Å². The van der Waals surface area contributed by atoms with Crippen LogP contribution in [-0.2, 0) is 9.47 Å². The highest BCUT2D eigenvalue weighted by atomic mass is 16.5. The Balaban J connectivity index is 1.42.